The minimum absolute atomic E-state index is 0.0854. The monoisotopic (exact) mass is 340 g/mol. The Bertz CT molecular complexity index is 701. The normalized spacial score (nSPS) is 15.4. The van der Waals surface area contributed by atoms with Gasteiger partial charge in [0.2, 0.25) is 0 Å². The number of ketones is 1. The molecule has 0 saturated carbocycles. The van der Waals surface area contributed by atoms with Gasteiger partial charge in [0.15, 0.2) is 5.78 Å². The molecule has 3 atom stereocenters. The average molecular weight is 340 g/mol. The Morgan fingerprint density at radius 3 is 2.12 bits per heavy atom. The molecule has 0 aliphatic carbocycles. The van der Waals surface area contributed by atoms with Crippen molar-refractivity contribution in [3.05, 3.63) is 77.9 Å². The smallest absolute Gasteiger partial charge is 0.186 e. The van der Waals surface area contributed by atoms with Gasteiger partial charge in [-0.15, -0.1) is 0 Å². The highest BCUT2D eigenvalue weighted by Crippen LogP contribution is 2.18. The molecule has 0 aliphatic heterocycles. The summed E-state index contributed by atoms with van der Waals surface area (Å²) < 4.78 is 0. The SMILES string of the molecule is N/C(=C\C(=O)C(O)CC(O)CC(N)c1ccccc1)c1ccccc1. The minimum atomic E-state index is -1.32. The topological polar surface area (TPSA) is 110 Å². The maximum absolute atomic E-state index is 12.1. The maximum atomic E-state index is 12.1. The van der Waals surface area contributed by atoms with Crippen LogP contribution in [-0.4, -0.2) is 28.2 Å². The van der Waals surface area contributed by atoms with Crippen molar-refractivity contribution in [2.45, 2.75) is 31.1 Å². The van der Waals surface area contributed by atoms with E-state index in [1.165, 1.54) is 6.08 Å². The molecule has 5 heteroatoms. The molecule has 2 aromatic carbocycles. The molecule has 0 radical (unpaired) electrons. The lowest BCUT2D eigenvalue weighted by atomic mass is 9.97. The fourth-order valence-corrected chi connectivity index (χ4v) is 2.56. The molecular formula is C20H24N2O3. The molecule has 25 heavy (non-hydrogen) atoms. The van der Waals surface area contributed by atoms with Crippen LogP contribution in [0.4, 0.5) is 0 Å². The fourth-order valence-electron chi connectivity index (χ4n) is 2.56. The second-order valence-electron chi connectivity index (χ2n) is 6.03. The summed E-state index contributed by atoms with van der Waals surface area (Å²) in [7, 11) is 0. The van der Waals surface area contributed by atoms with E-state index in [1.54, 1.807) is 12.1 Å². The van der Waals surface area contributed by atoms with Crippen LogP contribution in [0.1, 0.15) is 30.0 Å². The largest absolute Gasteiger partial charge is 0.398 e. The van der Waals surface area contributed by atoms with Gasteiger partial charge in [-0.25, -0.2) is 0 Å². The summed E-state index contributed by atoms with van der Waals surface area (Å²) in [5, 5.41) is 20.1. The van der Waals surface area contributed by atoms with Gasteiger partial charge in [0.25, 0.3) is 0 Å². The molecule has 132 valence electrons. The van der Waals surface area contributed by atoms with Crippen molar-refractivity contribution in [2.75, 3.05) is 0 Å². The van der Waals surface area contributed by atoms with Crippen molar-refractivity contribution in [1.29, 1.82) is 0 Å². The molecule has 5 nitrogen and oxygen atoms in total. The van der Waals surface area contributed by atoms with Crippen LogP contribution in [0.25, 0.3) is 5.70 Å². The second-order valence-corrected chi connectivity index (χ2v) is 6.03. The van der Waals surface area contributed by atoms with Gasteiger partial charge >= 0.3 is 0 Å². The third-order valence-corrected chi connectivity index (χ3v) is 3.98. The van der Waals surface area contributed by atoms with E-state index in [0.717, 1.165) is 5.56 Å². The number of hydrogen-bond donors (Lipinski definition) is 4. The molecule has 0 heterocycles. The van der Waals surface area contributed by atoms with Crippen LogP contribution in [-0.2, 0) is 4.79 Å². The van der Waals surface area contributed by atoms with E-state index in [4.69, 9.17) is 11.5 Å². The van der Waals surface area contributed by atoms with Gasteiger partial charge in [-0.2, -0.15) is 0 Å². The summed E-state index contributed by atoms with van der Waals surface area (Å²) in [5.41, 5.74) is 13.8. The number of aliphatic hydroxyl groups excluding tert-OH is 2. The van der Waals surface area contributed by atoms with Crippen LogP contribution in [0, 0.1) is 0 Å². The highest BCUT2D eigenvalue weighted by atomic mass is 16.3. The average Bonchev–Trinajstić information content (AvgIpc) is 2.62. The number of carbonyl (C=O) groups is 1. The van der Waals surface area contributed by atoms with Crippen LogP contribution in [0.2, 0.25) is 0 Å². The summed E-state index contributed by atoms with van der Waals surface area (Å²) in [6.45, 7) is 0. The molecule has 3 unspecified atom stereocenters. The Kier molecular flexibility index (Phi) is 6.89. The van der Waals surface area contributed by atoms with Gasteiger partial charge in [0.05, 0.1) is 6.10 Å². The molecule has 2 aromatic rings. The highest BCUT2D eigenvalue weighted by Gasteiger charge is 2.20. The summed E-state index contributed by atoms with van der Waals surface area (Å²) >= 11 is 0. The van der Waals surface area contributed by atoms with Gasteiger partial charge in [-0.05, 0) is 17.5 Å². The zero-order valence-corrected chi connectivity index (χ0v) is 14.0. The molecule has 0 amide bonds. The molecule has 0 aromatic heterocycles. The number of aliphatic hydroxyl groups is 2. The first-order valence-corrected chi connectivity index (χ1v) is 8.20. The Balaban J connectivity index is 1.90. The summed E-state index contributed by atoms with van der Waals surface area (Å²) in [5.74, 6) is -0.534. The van der Waals surface area contributed by atoms with Crippen LogP contribution in [0.3, 0.4) is 0 Å². The minimum Gasteiger partial charge on any atom is -0.398 e. The Hall–Kier alpha value is -2.47. The van der Waals surface area contributed by atoms with Crippen molar-refractivity contribution >= 4 is 11.5 Å². The Morgan fingerprint density at radius 1 is 0.960 bits per heavy atom. The standard InChI is InChI=1S/C20H24N2O3/c21-17(14-7-3-1-4-8-14)11-16(23)12-19(24)20(25)13-18(22)15-9-5-2-6-10-15/h1-10,13,16-17,19,23-24H,11-12,21-22H2/b18-13-. The Morgan fingerprint density at radius 2 is 1.52 bits per heavy atom. The molecule has 0 saturated heterocycles. The predicted molar refractivity (Wildman–Crippen MR) is 98.2 cm³/mol. The summed E-state index contributed by atoms with van der Waals surface area (Å²) in [4.78, 5) is 12.1. The molecule has 2 rings (SSSR count). The molecular weight excluding hydrogens is 316 g/mol. The van der Waals surface area contributed by atoms with E-state index in [-0.39, 0.29) is 24.6 Å². The van der Waals surface area contributed by atoms with Crippen LogP contribution in [0.15, 0.2) is 66.7 Å². The number of nitrogens with two attached hydrogens (primary N) is 2. The van der Waals surface area contributed by atoms with Gasteiger partial charge < -0.3 is 21.7 Å². The van der Waals surface area contributed by atoms with Crippen molar-refractivity contribution in [3.63, 3.8) is 0 Å². The van der Waals surface area contributed by atoms with Crippen LogP contribution >= 0.6 is 0 Å². The van der Waals surface area contributed by atoms with Crippen LogP contribution < -0.4 is 11.5 Å². The van der Waals surface area contributed by atoms with Crippen molar-refractivity contribution in [3.8, 4) is 0 Å². The number of rotatable bonds is 8. The third-order valence-electron chi connectivity index (χ3n) is 3.98. The zero-order valence-electron chi connectivity index (χ0n) is 14.0. The van der Waals surface area contributed by atoms with Gasteiger partial charge in [-0.1, -0.05) is 60.7 Å². The van der Waals surface area contributed by atoms with Crippen molar-refractivity contribution < 1.29 is 15.0 Å². The molecule has 0 aliphatic rings. The van der Waals surface area contributed by atoms with Gasteiger partial charge in [-0.3, -0.25) is 4.79 Å². The number of carbonyl (C=O) groups excluding carboxylic acids is 1. The third kappa shape index (κ3) is 5.83. The van der Waals surface area contributed by atoms with Gasteiger partial charge in [0, 0.05) is 24.2 Å². The van der Waals surface area contributed by atoms with Crippen LogP contribution in [0.5, 0.6) is 0 Å². The lowest BCUT2D eigenvalue weighted by Crippen LogP contribution is -2.28. The molecule has 0 spiro atoms. The molecule has 6 N–H and O–H groups in total. The van der Waals surface area contributed by atoms with E-state index in [1.807, 2.05) is 48.5 Å². The lowest BCUT2D eigenvalue weighted by Gasteiger charge is -2.18. The first-order valence-electron chi connectivity index (χ1n) is 8.20. The predicted octanol–water partition coefficient (Wildman–Crippen LogP) is 1.76. The summed E-state index contributed by atoms with van der Waals surface area (Å²) in [6.07, 6.45) is -0.839. The fraction of sp³-hybridized carbons (Fsp3) is 0.250. The maximum Gasteiger partial charge on any atom is 0.186 e. The second kappa shape index (κ2) is 9.13. The lowest BCUT2D eigenvalue weighted by molar-refractivity contribution is -0.123. The van der Waals surface area contributed by atoms with Crippen molar-refractivity contribution in [2.24, 2.45) is 11.5 Å². The van der Waals surface area contributed by atoms with E-state index < -0.39 is 18.0 Å². The highest BCUT2D eigenvalue weighted by molar-refractivity contribution is 5.99. The number of benzene rings is 2. The first-order chi connectivity index (χ1) is 12.0. The summed E-state index contributed by atoms with van der Waals surface area (Å²) in [6, 6.07) is 18.1. The van der Waals surface area contributed by atoms with Crippen molar-refractivity contribution in [1.82, 2.24) is 0 Å². The van der Waals surface area contributed by atoms with E-state index in [9.17, 15) is 15.0 Å². The number of hydrogen-bond acceptors (Lipinski definition) is 5. The van der Waals surface area contributed by atoms with E-state index >= 15 is 0 Å². The van der Waals surface area contributed by atoms with E-state index in [2.05, 4.69) is 0 Å². The Labute approximate surface area is 147 Å². The quantitative estimate of drug-likeness (QED) is 0.547. The molecule has 0 fully saturated rings. The molecule has 0 bridgehead atoms. The first kappa shape index (κ1) is 18.9. The zero-order chi connectivity index (χ0) is 18.2. The van der Waals surface area contributed by atoms with Gasteiger partial charge in [0.1, 0.15) is 6.10 Å². The van der Waals surface area contributed by atoms with E-state index in [0.29, 0.717) is 5.56 Å².